The molecule has 1 aromatic carbocycles. The number of nitrogens with zero attached hydrogens (tertiary/aromatic N) is 2. The van der Waals surface area contributed by atoms with Crippen LogP contribution in [0.2, 0.25) is 0 Å². The van der Waals surface area contributed by atoms with Crippen LogP contribution in [-0.2, 0) is 13.0 Å². The van der Waals surface area contributed by atoms with Crippen LogP contribution in [-0.4, -0.2) is 21.5 Å². The Hall–Kier alpha value is -2.70. The highest BCUT2D eigenvalue weighted by molar-refractivity contribution is 5.72. The molecule has 0 bridgehead atoms. The topological polar surface area (TPSA) is 90.1 Å². The summed E-state index contributed by atoms with van der Waals surface area (Å²) in [5.41, 5.74) is 6.20. The molecule has 2 aromatic rings. The number of aromatic nitrogens is 2. The van der Waals surface area contributed by atoms with Crippen molar-refractivity contribution in [2.24, 2.45) is 11.1 Å². The molecular weight excluding hydrogens is 347 g/mol. The second-order valence-electron chi connectivity index (χ2n) is 8.19. The van der Waals surface area contributed by atoms with Gasteiger partial charge in [0, 0.05) is 24.4 Å². The molecule has 6 nitrogen and oxygen atoms in total. The van der Waals surface area contributed by atoms with E-state index >= 15 is 0 Å². The van der Waals surface area contributed by atoms with E-state index in [2.05, 4.69) is 36.1 Å². The Balaban J connectivity index is 2.18. The number of ether oxygens (including phenoxy) is 1. The molecule has 27 heavy (non-hydrogen) atoms. The van der Waals surface area contributed by atoms with Gasteiger partial charge in [0.25, 0.3) is 0 Å². The number of hydrogen-bond donors (Lipinski definition) is 2. The van der Waals surface area contributed by atoms with E-state index in [1.54, 1.807) is 24.5 Å². The molecule has 1 aromatic heterocycles. The number of carbonyl (C=O) groups excluding carboxylic acids is 1. The number of amides is 2. The van der Waals surface area contributed by atoms with Gasteiger partial charge in [0.05, 0.1) is 0 Å². The molecule has 1 atom stereocenters. The fourth-order valence-electron chi connectivity index (χ4n) is 3.32. The zero-order valence-corrected chi connectivity index (χ0v) is 16.3. The number of carbonyl (C=O) groups is 1. The smallest absolute Gasteiger partial charge is 0.312 e. The van der Waals surface area contributed by atoms with Crippen LogP contribution >= 0.6 is 0 Å². The van der Waals surface area contributed by atoms with Crippen molar-refractivity contribution < 1.29 is 13.9 Å². The Morgan fingerprint density at radius 1 is 1.15 bits per heavy atom. The Kier molecular flexibility index (Phi) is 6.36. The summed E-state index contributed by atoms with van der Waals surface area (Å²) in [6, 6.07) is 5.49. The summed E-state index contributed by atoms with van der Waals surface area (Å²) in [6.07, 6.45) is 4.24. The predicted molar refractivity (Wildman–Crippen MR) is 102 cm³/mol. The number of hydrogen-bond acceptors (Lipinski definition) is 4. The van der Waals surface area contributed by atoms with E-state index in [4.69, 9.17) is 10.5 Å². The van der Waals surface area contributed by atoms with E-state index in [0.717, 1.165) is 5.56 Å². The van der Waals surface area contributed by atoms with E-state index in [-0.39, 0.29) is 17.8 Å². The van der Waals surface area contributed by atoms with Crippen molar-refractivity contribution in [3.63, 3.8) is 0 Å². The maximum absolute atomic E-state index is 13.0. The highest BCUT2D eigenvalue weighted by atomic mass is 19.1. The van der Waals surface area contributed by atoms with Crippen molar-refractivity contribution in [1.29, 1.82) is 0 Å². The first kappa shape index (κ1) is 20.6. The molecule has 146 valence electrons. The van der Waals surface area contributed by atoms with Gasteiger partial charge < -0.3 is 15.8 Å². The number of urea groups is 1. The second-order valence-corrected chi connectivity index (χ2v) is 8.19. The van der Waals surface area contributed by atoms with Crippen LogP contribution in [0.5, 0.6) is 5.88 Å². The number of benzene rings is 1. The minimum atomic E-state index is -0.603. The predicted octanol–water partition coefficient (Wildman–Crippen LogP) is 3.60. The van der Waals surface area contributed by atoms with Crippen LogP contribution in [0.25, 0.3) is 0 Å². The van der Waals surface area contributed by atoms with Gasteiger partial charge in [-0.05, 0) is 36.5 Å². The summed E-state index contributed by atoms with van der Waals surface area (Å²) < 4.78 is 18.8. The number of rotatable bonds is 7. The normalized spacial score (nSPS) is 13.7. The largest absolute Gasteiger partial charge is 0.472 e. The molecule has 0 saturated carbocycles. The molecule has 0 radical (unpaired) electrons. The molecular formula is C20H27FN4O2. The third-order valence-electron chi connectivity index (χ3n) is 3.93. The van der Waals surface area contributed by atoms with Gasteiger partial charge in [-0.25, -0.2) is 14.2 Å². The summed E-state index contributed by atoms with van der Waals surface area (Å²) >= 11 is 0. The monoisotopic (exact) mass is 374 g/mol. The molecule has 3 N–H and O–H groups in total. The van der Waals surface area contributed by atoms with E-state index in [1.807, 2.05) is 6.92 Å². The van der Waals surface area contributed by atoms with E-state index in [0.29, 0.717) is 24.4 Å². The van der Waals surface area contributed by atoms with Crippen molar-refractivity contribution in [3.8, 4) is 5.88 Å². The quantitative estimate of drug-likeness (QED) is 0.775. The van der Waals surface area contributed by atoms with Crippen molar-refractivity contribution >= 4 is 6.03 Å². The fourth-order valence-corrected chi connectivity index (χ4v) is 3.32. The molecule has 1 heterocycles. The lowest BCUT2D eigenvalue weighted by Gasteiger charge is -2.36. The molecule has 0 aliphatic rings. The van der Waals surface area contributed by atoms with Crippen LogP contribution in [0, 0.1) is 11.2 Å². The number of halogens is 1. The van der Waals surface area contributed by atoms with Gasteiger partial charge >= 0.3 is 6.03 Å². The van der Waals surface area contributed by atoms with Gasteiger partial charge in [0.1, 0.15) is 18.1 Å². The van der Waals surface area contributed by atoms with Crippen molar-refractivity contribution in [3.05, 3.63) is 53.7 Å². The molecule has 1 unspecified atom stereocenters. The first-order valence-corrected chi connectivity index (χ1v) is 8.81. The summed E-state index contributed by atoms with van der Waals surface area (Å²) in [5.74, 6) is 0.0858. The highest BCUT2D eigenvalue weighted by Gasteiger charge is 2.33. The van der Waals surface area contributed by atoms with Gasteiger partial charge in [-0.2, -0.15) is 0 Å². The van der Waals surface area contributed by atoms with Crippen LogP contribution in [0.1, 0.15) is 45.4 Å². The third-order valence-corrected chi connectivity index (χ3v) is 3.93. The Morgan fingerprint density at radius 2 is 1.78 bits per heavy atom. The molecule has 7 heteroatoms. The van der Waals surface area contributed by atoms with E-state index < -0.39 is 11.6 Å². The molecule has 0 saturated heterocycles. The fraction of sp³-hybridized carbons (Fsp3) is 0.450. The minimum absolute atomic E-state index is 0.0332. The van der Waals surface area contributed by atoms with Gasteiger partial charge in [-0.15, -0.1) is 0 Å². The Labute approximate surface area is 159 Å². The van der Waals surface area contributed by atoms with Gasteiger partial charge in [-0.3, -0.25) is 4.98 Å². The van der Waals surface area contributed by atoms with Crippen LogP contribution < -0.4 is 15.8 Å². The molecule has 0 aliphatic heterocycles. The third kappa shape index (κ3) is 6.84. The van der Waals surface area contributed by atoms with Crippen LogP contribution in [0.4, 0.5) is 9.18 Å². The lowest BCUT2D eigenvalue weighted by atomic mass is 9.78. The maximum Gasteiger partial charge on any atom is 0.312 e. The second kappa shape index (κ2) is 8.33. The zero-order chi connectivity index (χ0) is 20.1. The first-order valence-electron chi connectivity index (χ1n) is 8.81. The summed E-state index contributed by atoms with van der Waals surface area (Å²) in [5, 5.41) is 2.84. The molecule has 0 aliphatic carbocycles. The van der Waals surface area contributed by atoms with Crippen molar-refractivity contribution in [2.45, 2.75) is 52.7 Å². The lowest BCUT2D eigenvalue weighted by Crippen LogP contribution is -2.52. The Morgan fingerprint density at radius 3 is 2.37 bits per heavy atom. The molecule has 2 rings (SSSR count). The number of primary amides is 1. The highest BCUT2D eigenvalue weighted by Crippen LogP contribution is 2.31. The molecule has 2 amide bonds. The van der Waals surface area contributed by atoms with Gasteiger partial charge in [0.15, 0.2) is 0 Å². The summed E-state index contributed by atoms with van der Waals surface area (Å²) in [7, 11) is 0. The average Bonchev–Trinajstić information content (AvgIpc) is 2.52. The van der Waals surface area contributed by atoms with E-state index in [9.17, 15) is 9.18 Å². The minimum Gasteiger partial charge on any atom is -0.472 e. The van der Waals surface area contributed by atoms with Crippen LogP contribution in [0.3, 0.4) is 0 Å². The van der Waals surface area contributed by atoms with Gasteiger partial charge in [-0.1, -0.05) is 32.9 Å². The van der Waals surface area contributed by atoms with Crippen molar-refractivity contribution in [1.82, 2.24) is 15.3 Å². The average molecular weight is 374 g/mol. The molecule has 0 fully saturated rings. The lowest BCUT2D eigenvalue weighted by molar-refractivity contribution is 0.204. The SMILES string of the molecule is CC(C)(C)CC(C)(Cc1nccnc1OCc1ccc(F)cc1)NC(N)=O. The summed E-state index contributed by atoms with van der Waals surface area (Å²) in [6.45, 7) is 8.45. The first-order chi connectivity index (χ1) is 12.6. The standard InChI is InChI=1S/C20H27FN4O2/c1-19(2,3)13-20(4,25-18(22)26)11-16-17(24-10-9-23-16)27-12-14-5-7-15(21)8-6-14/h5-10H,11-13H2,1-4H3,(H3,22,25,26). The zero-order valence-electron chi connectivity index (χ0n) is 16.3. The number of nitrogens with one attached hydrogen (secondary N) is 1. The molecule has 0 spiro atoms. The van der Waals surface area contributed by atoms with Crippen LogP contribution in [0.15, 0.2) is 36.7 Å². The summed E-state index contributed by atoms with van der Waals surface area (Å²) in [4.78, 5) is 20.2. The number of nitrogens with two attached hydrogens (primary N) is 1. The maximum atomic E-state index is 13.0. The Bertz CT molecular complexity index is 774. The van der Waals surface area contributed by atoms with Gasteiger partial charge in [0.2, 0.25) is 5.88 Å². The van der Waals surface area contributed by atoms with Crippen molar-refractivity contribution in [2.75, 3.05) is 0 Å². The van der Waals surface area contributed by atoms with E-state index in [1.165, 1.54) is 12.1 Å².